The van der Waals surface area contributed by atoms with Crippen molar-refractivity contribution in [3.05, 3.63) is 70.1 Å². The summed E-state index contributed by atoms with van der Waals surface area (Å²) in [7, 11) is 1.67. The van der Waals surface area contributed by atoms with Gasteiger partial charge in [0, 0.05) is 31.4 Å². The fourth-order valence-corrected chi connectivity index (χ4v) is 3.07. The molecule has 0 spiro atoms. The van der Waals surface area contributed by atoms with Gasteiger partial charge in [-0.3, -0.25) is 9.59 Å². The molecule has 2 heterocycles. The van der Waals surface area contributed by atoms with Gasteiger partial charge < -0.3 is 14.8 Å². The first-order valence-electron chi connectivity index (χ1n) is 8.38. The molecule has 1 saturated heterocycles. The van der Waals surface area contributed by atoms with Gasteiger partial charge in [0.1, 0.15) is 0 Å². The highest BCUT2D eigenvalue weighted by molar-refractivity contribution is 5.94. The second-order valence-corrected chi connectivity index (χ2v) is 6.31. The third-order valence-corrected chi connectivity index (χ3v) is 4.51. The van der Waals surface area contributed by atoms with E-state index in [4.69, 9.17) is 0 Å². The number of nitrogens with zero attached hydrogens (tertiary/aromatic N) is 2. The van der Waals surface area contributed by atoms with Gasteiger partial charge in [-0.25, -0.2) is 0 Å². The van der Waals surface area contributed by atoms with Crippen LogP contribution in [-0.2, 0) is 7.05 Å². The van der Waals surface area contributed by atoms with Crippen molar-refractivity contribution in [2.45, 2.75) is 18.9 Å². The van der Waals surface area contributed by atoms with Crippen LogP contribution in [0, 0.1) is 0 Å². The number of hydrogen-bond donors (Lipinski definition) is 1. The molecule has 1 aliphatic rings. The minimum atomic E-state index is -0.208. The number of likely N-dealkylation sites (tertiary alicyclic amines) is 1. The Hall–Kier alpha value is -2.40. The highest BCUT2D eigenvalue weighted by atomic mass is 16.2. The van der Waals surface area contributed by atoms with Crippen LogP contribution >= 0.6 is 0 Å². The number of rotatable bonds is 5. The molecule has 1 aromatic carbocycles. The summed E-state index contributed by atoms with van der Waals surface area (Å²) in [6, 6.07) is 13.0. The number of benzene rings is 1. The number of pyridine rings is 1. The lowest BCUT2D eigenvalue weighted by Crippen LogP contribution is -2.37. The third kappa shape index (κ3) is 3.92. The van der Waals surface area contributed by atoms with E-state index in [1.165, 1.54) is 23.5 Å². The van der Waals surface area contributed by atoms with Crippen molar-refractivity contribution in [1.82, 2.24) is 14.8 Å². The fourth-order valence-electron chi connectivity index (χ4n) is 3.07. The van der Waals surface area contributed by atoms with Crippen molar-refractivity contribution in [2.24, 2.45) is 7.05 Å². The van der Waals surface area contributed by atoms with Gasteiger partial charge in [0.05, 0.1) is 6.04 Å². The molecule has 126 valence electrons. The van der Waals surface area contributed by atoms with Crippen molar-refractivity contribution in [3.8, 4) is 0 Å². The molecule has 1 N–H and O–H groups in total. The standard InChI is InChI=1S/C19H23N3O2/c1-21-12-9-16(13-18(21)23)19(24)20-17(14-22-10-5-6-11-22)15-7-3-2-4-8-15/h2-4,7-9,12-13,17H,5-6,10-11,14H2,1H3,(H,20,24)/t17-/m0/s1. The summed E-state index contributed by atoms with van der Waals surface area (Å²) in [5, 5.41) is 3.09. The second kappa shape index (κ2) is 7.45. The minimum Gasteiger partial charge on any atom is -0.344 e. The van der Waals surface area contributed by atoms with Crippen LogP contribution in [0.15, 0.2) is 53.5 Å². The van der Waals surface area contributed by atoms with Crippen LogP contribution in [-0.4, -0.2) is 35.0 Å². The van der Waals surface area contributed by atoms with Gasteiger partial charge in [0.15, 0.2) is 0 Å². The molecule has 0 saturated carbocycles. The SMILES string of the molecule is Cn1ccc(C(=O)N[C@@H](CN2CCCC2)c2ccccc2)cc1=O. The van der Waals surface area contributed by atoms with E-state index >= 15 is 0 Å². The average Bonchev–Trinajstić information content (AvgIpc) is 3.10. The molecule has 0 bridgehead atoms. The Labute approximate surface area is 141 Å². The lowest BCUT2D eigenvalue weighted by molar-refractivity contribution is 0.0927. The summed E-state index contributed by atoms with van der Waals surface area (Å²) in [6.07, 6.45) is 4.05. The van der Waals surface area contributed by atoms with E-state index in [2.05, 4.69) is 10.2 Å². The van der Waals surface area contributed by atoms with Crippen LogP contribution in [0.4, 0.5) is 0 Å². The molecule has 5 nitrogen and oxygen atoms in total. The normalized spacial score (nSPS) is 16.0. The summed E-state index contributed by atoms with van der Waals surface area (Å²) >= 11 is 0. The molecule has 0 radical (unpaired) electrons. The van der Waals surface area contributed by atoms with Gasteiger partial charge in [0.2, 0.25) is 0 Å². The summed E-state index contributed by atoms with van der Waals surface area (Å²) in [5.74, 6) is -0.208. The summed E-state index contributed by atoms with van der Waals surface area (Å²) in [4.78, 5) is 26.7. The van der Waals surface area contributed by atoms with Gasteiger partial charge in [-0.15, -0.1) is 0 Å². The van der Waals surface area contributed by atoms with E-state index in [1.807, 2.05) is 30.3 Å². The Morgan fingerprint density at radius 3 is 2.54 bits per heavy atom. The van der Waals surface area contributed by atoms with Gasteiger partial charge in [0.25, 0.3) is 11.5 Å². The molecule has 2 aromatic rings. The molecule has 1 aromatic heterocycles. The summed E-state index contributed by atoms with van der Waals surface area (Å²) in [6.45, 7) is 2.94. The van der Waals surface area contributed by atoms with Crippen molar-refractivity contribution in [3.63, 3.8) is 0 Å². The van der Waals surface area contributed by atoms with Crippen LogP contribution < -0.4 is 10.9 Å². The smallest absolute Gasteiger partial charge is 0.252 e. The van der Waals surface area contributed by atoms with Gasteiger partial charge in [-0.05, 0) is 37.6 Å². The number of aryl methyl sites for hydroxylation is 1. The minimum absolute atomic E-state index is 0.0825. The van der Waals surface area contributed by atoms with E-state index in [1.54, 1.807) is 19.3 Å². The molecule has 5 heteroatoms. The maximum atomic E-state index is 12.6. The summed E-state index contributed by atoms with van der Waals surface area (Å²) < 4.78 is 1.45. The molecule has 3 rings (SSSR count). The van der Waals surface area contributed by atoms with Crippen LogP contribution in [0.25, 0.3) is 0 Å². The molecule has 1 aliphatic heterocycles. The van der Waals surface area contributed by atoms with E-state index in [0.29, 0.717) is 5.56 Å². The average molecular weight is 325 g/mol. The molecule has 0 aliphatic carbocycles. The lowest BCUT2D eigenvalue weighted by atomic mass is 10.1. The highest BCUT2D eigenvalue weighted by Crippen LogP contribution is 2.18. The topological polar surface area (TPSA) is 54.3 Å². The first-order chi connectivity index (χ1) is 11.6. The van der Waals surface area contributed by atoms with Gasteiger partial charge in [-0.1, -0.05) is 30.3 Å². The zero-order valence-electron chi connectivity index (χ0n) is 13.9. The van der Waals surface area contributed by atoms with Crippen molar-refractivity contribution in [1.29, 1.82) is 0 Å². The molecule has 24 heavy (non-hydrogen) atoms. The van der Waals surface area contributed by atoms with E-state index in [0.717, 1.165) is 25.2 Å². The van der Waals surface area contributed by atoms with Gasteiger partial charge in [-0.2, -0.15) is 0 Å². The molecule has 0 unspecified atom stereocenters. The van der Waals surface area contributed by atoms with E-state index in [-0.39, 0.29) is 17.5 Å². The number of aromatic nitrogens is 1. The Morgan fingerprint density at radius 2 is 1.88 bits per heavy atom. The molecule has 1 amide bonds. The molecule has 1 atom stereocenters. The Kier molecular flexibility index (Phi) is 5.11. The molecular formula is C19H23N3O2. The van der Waals surface area contributed by atoms with Crippen molar-refractivity contribution >= 4 is 5.91 Å². The monoisotopic (exact) mass is 325 g/mol. The van der Waals surface area contributed by atoms with Crippen LogP contribution in [0.5, 0.6) is 0 Å². The fraction of sp³-hybridized carbons (Fsp3) is 0.368. The number of nitrogens with one attached hydrogen (secondary N) is 1. The Morgan fingerprint density at radius 1 is 1.17 bits per heavy atom. The molecular weight excluding hydrogens is 302 g/mol. The zero-order valence-corrected chi connectivity index (χ0v) is 13.9. The highest BCUT2D eigenvalue weighted by Gasteiger charge is 2.21. The number of amides is 1. The lowest BCUT2D eigenvalue weighted by Gasteiger charge is -2.25. The number of carbonyl (C=O) groups is 1. The first-order valence-corrected chi connectivity index (χ1v) is 8.38. The van der Waals surface area contributed by atoms with Gasteiger partial charge >= 0.3 is 0 Å². The predicted octanol–water partition coefficient (Wildman–Crippen LogP) is 1.95. The van der Waals surface area contributed by atoms with Crippen molar-refractivity contribution < 1.29 is 4.79 Å². The second-order valence-electron chi connectivity index (χ2n) is 6.31. The predicted molar refractivity (Wildman–Crippen MR) is 94.0 cm³/mol. The van der Waals surface area contributed by atoms with Crippen LogP contribution in [0.1, 0.15) is 34.8 Å². The number of hydrogen-bond acceptors (Lipinski definition) is 3. The van der Waals surface area contributed by atoms with Crippen molar-refractivity contribution in [2.75, 3.05) is 19.6 Å². The van der Waals surface area contributed by atoms with E-state index in [9.17, 15) is 9.59 Å². The first kappa shape index (κ1) is 16.5. The van der Waals surface area contributed by atoms with Crippen LogP contribution in [0.2, 0.25) is 0 Å². The largest absolute Gasteiger partial charge is 0.344 e. The maximum absolute atomic E-state index is 12.6. The number of carbonyl (C=O) groups excluding carboxylic acids is 1. The van der Waals surface area contributed by atoms with Crippen LogP contribution in [0.3, 0.4) is 0 Å². The zero-order chi connectivity index (χ0) is 16.9. The van der Waals surface area contributed by atoms with E-state index < -0.39 is 0 Å². The quantitative estimate of drug-likeness (QED) is 0.914. The third-order valence-electron chi connectivity index (χ3n) is 4.51. The summed E-state index contributed by atoms with van der Waals surface area (Å²) in [5.41, 5.74) is 1.31. The maximum Gasteiger partial charge on any atom is 0.252 e. The molecule has 1 fully saturated rings. The Balaban J connectivity index is 1.78. The Bertz CT molecular complexity index is 749.